The second-order valence-electron chi connectivity index (χ2n) is 8.37. The van der Waals surface area contributed by atoms with E-state index in [1.165, 1.54) is 6.92 Å². The normalized spacial score (nSPS) is 15.2. The van der Waals surface area contributed by atoms with Crippen molar-refractivity contribution in [3.63, 3.8) is 0 Å². The van der Waals surface area contributed by atoms with Gasteiger partial charge in [-0.2, -0.15) is 0 Å². The number of carbonyl (C=O) groups excluding carboxylic acids is 3. The molecule has 0 spiro atoms. The van der Waals surface area contributed by atoms with Crippen molar-refractivity contribution < 1.29 is 22.8 Å². The van der Waals surface area contributed by atoms with Crippen LogP contribution in [0.1, 0.15) is 42.1 Å². The highest BCUT2D eigenvalue weighted by molar-refractivity contribution is 7.92. The van der Waals surface area contributed by atoms with Gasteiger partial charge in [0.2, 0.25) is 5.91 Å². The number of sulfonamides is 1. The first kappa shape index (κ1) is 25.2. The Hall–Kier alpha value is -2.95. The van der Waals surface area contributed by atoms with Crippen LogP contribution in [0.2, 0.25) is 5.02 Å². The summed E-state index contributed by atoms with van der Waals surface area (Å²) in [5.41, 5.74) is 1.52. The van der Waals surface area contributed by atoms with Crippen LogP contribution in [0, 0.1) is 6.92 Å². The molecular formula is C24H24ClN3O5S2. The number of rotatable bonds is 6. The van der Waals surface area contributed by atoms with Crippen molar-refractivity contribution in [2.24, 2.45) is 0 Å². The van der Waals surface area contributed by atoms with Crippen LogP contribution in [-0.4, -0.2) is 38.7 Å². The summed E-state index contributed by atoms with van der Waals surface area (Å²) in [4.78, 5) is 39.0. The first-order chi connectivity index (χ1) is 16.6. The van der Waals surface area contributed by atoms with E-state index in [0.717, 1.165) is 29.6 Å². The number of nitrogens with zero attached hydrogens (tertiary/aromatic N) is 1. The number of carbonyl (C=O) groups is 3. The second-order valence-corrected chi connectivity index (χ2v) is 11.7. The molecule has 0 radical (unpaired) electrons. The second kappa shape index (κ2) is 9.96. The molecule has 2 N–H and O–H groups in total. The Balaban J connectivity index is 1.42. The number of benzene rings is 2. The summed E-state index contributed by atoms with van der Waals surface area (Å²) in [6, 6.07) is 10.5. The lowest BCUT2D eigenvalue weighted by Crippen LogP contribution is -2.46. The maximum atomic E-state index is 12.9. The van der Waals surface area contributed by atoms with Gasteiger partial charge in [-0.25, -0.2) is 13.1 Å². The van der Waals surface area contributed by atoms with E-state index in [1.807, 2.05) is 0 Å². The van der Waals surface area contributed by atoms with Crippen LogP contribution in [-0.2, 0) is 19.6 Å². The number of aryl methyl sites for hydroxylation is 1. The van der Waals surface area contributed by atoms with E-state index in [2.05, 4.69) is 10.0 Å². The maximum Gasteiger partial charge on any atom is 0.273 e. The SMILES string of the molecule is Cc1c(S(=O)(=O)NC(=O)C(C)NC(=O)c2ccc(N3CCCCC3=O)cc2)sc2cc(Cl)ccc12. The van der Waals surface area contributed by atoms with Crippen LogP contribution in [0.3, 0.4) is 0 Å². The molecule has 1 aliphatic heterocycles. The zero-order chi connectivity index (χ0) is 25.3. The standard InChI is InChI=1S/C24H24ClN3O5S2/c1-14-19-11-8-17(25)13-20(19)34-24(14)35(32,33)27-22(30)15(2)26-23(31)16-6-9-18(10-7-16)28-12-4-3-5-21(28)29/h6-11,13,15H,3-5,12H2,1-2H3,(H,26,31)(H,27,30). The Morgan fingerprint density at radius 2 is 1.83 bits per heavy atom. The Labute approximate surface area is 212 Å². The average Bonchev–Trinajstić information content (AvgIpc) is 3.15. The lowest BCUT2D eigenvalue weighted by atomic mass is 10.1. The van der Waals surface area contributed by atoms with Gasteiger partial charge in [0.05, 0.1) is 0 Å². The van der Waals surface area contributed by atoms with Gasteiger partial charge >= 0.3 is 0 Å². The van der Waals surface area contributed by atoms with Gasteiger partial charge in [0, 0.05) is 33.9 Å². The summed E-state index contributed by atoms with van der Waals surface area (Å²) in [6.45, 7) is 3.71. The highest BCUT2D eigenvalue weighted by Gasteiger charge is 2.27. The molecule has 4 rings (SSSR count). The molecule has 1 fully saturated rings. The largest absolute Gasteiger partial charge is 0.340 e. The zero-order valence-electron chi connectivity index (χ0n) is 19.1. The van der Waals surface area contributed by atoms with Crippen molar-refractivity contribution in [1.29, 1.82) is 0 Å². The first-order valence-electron chi connectivity index (χ1n) is 11.0. The molecule has 2 aromatic carbocycles. The lowest BCUT2D eigenvalue weighted by Gasteiger charge is -2.26. The van der Waals surface area contributed by atoms with Gasteiger partial charge in [-0.15, -0.1) is 11.3 Å². The number of hydrogen-bond acceptors (Lipinski definition) is 6. The fourth-order valence-corrected chi connectivity index (χ4v) is 7.01. The number of halogens is 1. The van der Waals surface area contributed by atoms with Gasteiger partial charge in [-0.1, -0.05) is 17.7 Å². The van der Waals surface area contributed by atoms with Crippen LogP contribution >= 0.6 is 22.9 Å². The topological polar surface area (TPSA) is 113 Å². The third kappa shape index (κ3) is 5.34. The number of anilines is 1. The summed E-state index contributed by atoms with van der Waals surface area (Å²) in [6.07, 6.45) is 2.31. The minimum absolute atomic E-state index is 0.0180. The van der Waals surface area contributed by atoms with Crippen molar-refractivity contribution in [2.75, 3.05) is 11.4 Å². The van der Waals surface area contributed by atoms with Gasteiger partial charge in [-0.05, 0) is 74.0 Å². The highest BCUT2D eigenvalue weighted by Crippen LogP contribution is 2.35. The molecule has 1 aromatic heterocycles. The van der Waals surface area contributed by atoms with Crippen molar-refractivity contribution in [3.8, 4) is 0 Å². The Kier molecular flexibility index (Phi) is 7.16. The molecule has 8 nitrogen and oxygen atoms in total. The molecule has 184 valence electrons. The number of thiophene rings is 1. The number of piperidine rings is 1. The molecule has 3 aromatic rings. The monoisotopic (exact) mass is 533 g/mol. The van der Waals surface area contributed by atoms with Crippen LogP contribution in [0.5, 0.6) is 0 Å². The molecule has 11 heteroatoms. The molecule has 1 aliphatic rings. The summed E-state index contributed by atoms with van der Waals surface area (Å²) in [5.74, 6) is -1.34. The van der Waals surface area contributed by atoms with E-state index < -0.39 is 27.9 Å². The maximum absolute atomic E-state index is 12.9. The smallest absolute Gasteiger partial charge is 0.273 e. The van der Waals surface area contributed by atoms with E-state index in [-0.39, 0.29) is 15.7 Å². The van der Waals surface area contributed by atoms with Gasteiger partial charge in [0.25, 0.3) is 21.8 Å². The van der Waals surface area contributed by atoms with Crippen LogP contribution < -0.4 is 14.9 Å². The third-order valence-corrected chi connectivity index (χ3v) is 9.30. The van der Waals surface area contributed by atoms with E-state index >= 15 is 0 Å². The first-order valence-corrected chi connectivity index (χ1v) is 13.7. The van der Waals surface area contributed by atoms with E-state index in [1.54, 1.807) is 54.3 Å². The van der Waals surface area contributed by atoms with Gasteiger partial charge in [0.15, 0.2) is 0 Å². The van der Waals surface area contributed by atoms with Crippen LogP contribution in [0.15, 0.2) is 46.7 Å². The van der Waals surface area contributed by atoms with Gasteiger partial charge < -0.3 is 10.2 Å². The van der Waals surface area contributed by atoms with Crippen molar-refractivity contribution in [1.82, 2.24) is 10.0 Å². The Morgan fingerprint density at radius 3 is 2.51 bits per heavy atom. The van der Waals surface area contributed by atoms with Crippen molar-refractivity contribution >= 4 is 66.5 Å². The summed E-state index contributed by atoms with van der Waals surface area (Å²) in [7, 11) is -4.15. The predicted octanol–water partition coefficient (Wildman–Crippen LogP) is 4.00. The summed E-state index contributed by atoms with van der Waals surface area (Å²) >= 11 is 7.02. The van der Waals surface area contributed by atoms with Crippen molar-refractivity contribution in [3.05, 3.63) is 58.6 Å². The highest BCUT2D eigenvalue weighted by atomic mass is 35.5. The Bertz CT molecular complexity index is 1420. The number of hydrogen-bond donors (Lipinski definition) is 2. The number of nitrogens with one attached hydrogen (secondary N) is 2. The molecule has 1 unspecified atom stereocenters. The third-order valence-electron chi connectivity index (χ3n) is 5.84. The average molecular weight is 534 g/mol. The lowest BCUT2D eigenvalue weighted by molar-refractivity contribution is -0.121. The van der Waals surface area contributed by atoms with Crippen LogP contribution in [0.4, 0.5) is 5.69 Å². The molecular weight excluding hydrogens is 510 g/mol. The zero-order valence-corrected chi connectivity index (χ0v) is 21.5. The minimum atomic E-state index is -4.15. The molecule has 1 saturated heterocycles. The molecule has 1 atom stereocenters. The van der Waals surface area contributed by atoms with Crippen LogP contribution in [0.25, 0.3) is 10.1 Å². The molecule has 0 saturated carbocycles. The number of fused-ring (bicyclic) bond motifs is 1. The molecule has 0 aliphatic carbocycles. The van der Waals surface area contributed by atoms with Gasteiger partial charge in [-0.3, -0.25) is 14.4 Å². The van der Waals surface area contributed by atoms with E-state index in [0.29, 0.717) is 33.9 Å². The van der Waals surface area contributed by atoms with E-state index in [9.17, 15) is 22.8 Å². The summed E-state index contributed by atoms with van der Waals surface area (Å²) < 4.78 is 28.6. The summed E-state index contributed by atoms with van der Waals surface area (Å²) in [5, 5.41) is 3.74. The molecule has 0 bridgehead atoms. The number of amides is 3. The Morgan fingerprint density at radius 1 is 1.11 bits per heavy atom. The fourth-order valence-electron chi connectivity index (χ4n) is 3.92. The van der Waals surface area contributed by atoms with E-state index in [4.69, 9.17) is 11.6 Å². The minimum Gasteiger partial charge on any atom is -0.340 e. The van der Waals surface area contributed by atoms with Crippen molar-refractivity contribution in [2.45, 2.75) is 43.4 Å². The molecule has 2 heterocycles. The molecule has 3 amide bonds. The fraction of sp³-hybridized carbons (Fsp3) is 0.292. The predicted molar refractivity (Wildman–Crippen MR) is 136 cm³/mol. The quantitative estimate of drug-likeness (QED) is 0.497. The van der Waals surface area contributed by atoms with Gasteiger partial charge in [0.1, 0.15) is 10.3 Å². The molecule has 35 heavy (non-hydrogen) atoms.